The Morgan fingerprint density at radius 2 is 1.80 bits per heavy atom. The summed E-state index contributed by atoms with van der Waals surface area (Å²) in [7, 11) is -3.01. The van der Waals surface area contributed by atoms with E-state index in [9.17, 15) is 8.42 Å². The van der Waals surface area contributed by atoms with E-state index in [4.69, 9.17) is 4.74 Å². The zero-order chi connectivity index (χ0) is 14.4. The lowest BCUT2D eigenvalue weighted by Crippen LogP contribution is -2.48. The molecule has 2 aliphatic heterocycles. The van der Waals surface area contributed by atoms with Crippen molar-refractivity contribution in [3.8, 4) is 0 Å². The molecule has 0 aromatic heterocycles. The minimum absolute atomic E-state index is 0.283. The first-order chi connectivity index (χ1) is 9.62. The summed E-state index contributed by atoms with van der Waals surface area (Å²) in [5.74, 6) is 0.283. The molecule has 0 aromatic rings. The molecule has 6 heteroatoms. The van der Waals surface area contributed by atoms with E-state index in [0.29, 0.717) is 31.6 Å². The van der Waals surface area contributed by atoms with E-state index >= 15 is 0 Å². The van der Waals surface area contributed by atoms with Crippen LogP contribution in [0.4, 0.5) is 0 Å². The largest absolute Gasteiger partial charge is 0.381 e. The third kappa shape index (κ3) is 4.69. The van der Waals surface area contributed by atoms with E-state index in [-0.39, 0.29) is 5.75 Å². The van der Waals surface area contributed by atoms with Crippen molar-refractivity contribution in [3.63, 3.8) is 0 Å². The van der Waals surface area contributed by atoms with E-state index < -0.39 is 10.0 Å². The number of ether oxygens (including phenoxy) is 1. The molecule has 0 aliphatic carbocycles. The first kappa shape index (κ1) is 16.2. The van der Waals surface area contributed by atoms with E-state index in [1.54, 1.807) is 4.31 Å². The third-order valence-corrected chi connectivity index (χ3v) is 6.31. The second-order valence-electron chi connectivity index (χ2n) is 5.90. The van der Waals surface area contributed by atoms with Crippen molar-refractivity contribution >= 4 is 10.0 Å². The lowest BCUT2D eigenvalue weighted by molar-refractivity contribution is 0.141. The third-order valence-electron chi connectivity index (χ3n) is 4.23. The number of nitrogens with one attached hydrogen (secondary N) is 1. The molecule has 118 valence electrons. The highest BCUT2D eigenvalue weighted by molar-refractivity contribution is 7.89. The average molecular weight is 304 g/mol. The Bertz CT molecular complexity index is 370. The molecule has 0 spiro atoms. The first-order valence-electron chi connectivity index (χ1n) is 7.93. The van der Waals surface area contributed by atoms with Gasteiger partial charge in [-0.15, -0.1) is 0 Å². The standard InChI is InChI=1S/C14H28N2O3S/c1-2-12-20(17,18)16-8-5-14(6-9-16)15-13-4-3-10-19-11-7-13/h13-15H,2-12H2,1H3. The molecule has 20 heavy (non-hydrogen) atoms. The van der Waals surface area contributed by atoms with Gasteiger partial charge in [-0.3, -0.25) is 0 Å². The molecule has 5 nitrogen and oxygen atoms in total. The fourth-order valence-electron chi connectivity index (χ4n) is 3.09. The van der Waals surface area contributed by atoms with E-state index in [2.05, 4.69) is 5.32 Å². The summed E-state index contributed by atoms with van der Waals surface area (Å²) in [6.45, 7) is 4.99. The Hall–Kier alpha value is -0.170. The van der Waals surface area contributed by atoms with Crippen LogP contribution in [0, 0.1) is 0 Å². The zero-order valence-electron chi connectivity index (χ0n) is 12.5. The van der Waals surface area contributed by atoms with E-state index in [1.165, 1.54) is 6.42 Å². The fourth-order valence-corrected chi connectivity index (χ4v) is 4.63. The lowest BCUT2D eigenvalue weighted by atomic mass is 10.0. The van der Waals surface area contributed by atoms with Crippen LogP contribution >= 0.6 is 0 Å². The number of sulfonamides is 1. The molecule has 0 saturated carbocycles. The number of hydrogen-bond acceptors (Lipinski definition) is 4. The van der Waals surface area contributed by atoms with Gasteiger partial charge in [0.15, 0.2) is 0 Å². The van der Waals surface area contributed by atoms with Crippen LogP contribution in [-0.2, 0) is 14.8 Å². The highest BCUT2D eigenvalue weighted by Crippen LogP contribution is 2.17. The second-order valence-corrected chi connectivity index (χ2v) is 7.98. The van der Waals surface area contributed by atoms with Crippen LogP contribution in [0.15, 0.2) is 0 Å². The molecule has 1 atom stereocenters. The topological polar surface area (TPSA) is 58.6 Å². The molecule has 2 rings (SSSR count). The lowest BCUT2D eigenvalue weighted by Gasteiger charge is -2.33. The maximum Gasteiger partial charge on any atom is 0.214 e. The summed E-state index contributed by atoms with van der Waals surface area (Å²) in [5.41, 5.74) is 0. The van der Waals surface area contributed by atoms with Crippen molar-refractivity contribution in [1.29, 1.82) is 0 Å². The van der Waals surface area contributed by atoms with Gasteiger partial charge in [0, 0.05) is 38.4 Å². The van der Waals surface area contributed by atoms with Gasteiger partial charge in [0.2, 0.25) is 10.0 Å². The van der Waals surface area contributed by atoms with Gasteiger partial charge in [0.05, 0.1) is 5.75 Å². The van der Waals surface area contributed by atoms with Crippen LogP contribution in [0.1, 0.15) is 45.4 Å². The molecule has 2 fully saturated rings. The molecule has 0 radical (unpaired) electrons. The summed E-state index contributed by atoms with van der Waals surface area (Å²) < 4.78 is 31.2. The van der Waals surface area contributed by atoms with Gasteiger partial charge in [-0.25, -0.2) is 12.7 Å². The van der Waals surface area contributed by atoms with E-state index in [0.717, 1.165) is 38.9 Å². The second kappa shape index (κ2) is 7.73. The monoisotopic (exact) mass is 304 g/mol. The Morgan fingerprint density at radius 3 is 2.50 bits per heavy atom. The Labute approximate surface area is 123 Å². The Kier molecular flexibility index (Phi) is 6.26. The fraction of sp³-hybridized carbons (Fsp3) is 1.00. The van der Waals surface area contributed by atoms with Crippen molar-refractivity contribution in [2.75, 3.05) is 32.1 Å². The number of piperidine rings is 1. The van der Waals surface area contributed by atoms with Gasteiger partial charge >= 0.3 is 0 Å². The SMILES string of the molecule is CCCS(=O)(=O)N1CCC(NC2CCCOCC2)CC1. The maximum absolute atomic E-state index is 12.0. The van der Waals surface area contributed by atoms with Gasteiger partial charge in [-0.2, -0.15) is 0 Å². The van der Waals surface area contributed by atoms with Crippen molar-refractivity contribution in [2.45, 2.75) is 57.5 Å². The van der Waals surface area contributed by atoms with Crippen molar-refractivity contribution in [2.24, 2.45) is 0 Å². The molecule has 0 bridgehead atoms. The number of nitrogens with zero attached hydrogens (tertiary/aromatic N) is 1. The predicted molar refractivity (Wildman–Crippen MR) is 80.3 cm³/mol. The Balaban J connectivity index is 1.76. The van der Waals surface area contributed by atoms with Crippen molar-refractivity contribution < 1.29 is 13.2 Å². The van der Waals surface area contributed by atoms with Crippen LogP contribution < -0.4 is 5.32 Å². The molecular weight excluding hydrogens is 276 g/mol. The number of rotatable bonds is 5. The van der Waals surface area contributed by atoms with Gasteiger partial charge in [0.1, 0.15) is 0 Å². The first-order valence-corrected chi connectivity index (χ1v) is 9.54. The highest BCUT2D eigenvalue weighted by atomic mass is 32.2. The van der Waals surface area contributed by atoms with Crippen LogP contribution in [0.2, 0.25) is 0 Å². The normalized spacial score (nSPS) is 27.4. The quantitative estimate of drug-likeness (QED) is 0.833. The molecule has 1 N–H and O–H groups in total. The Morgan fingerprint density at radius 1 is 1.10 bits per heavy atom. The highest BCUT2D eigenvalue weighted by Gasteiger charge is 2.28. The molecular formula is C14H28N2O3S. The van der Waals surface area contributed by atoms with Crippen LogP contribution in [0.3, 0.4) is 0 Å². The molecule has 2 heterocycles. The minimum atomic E-state index is -3.01. The van der Waals surface area contributed by atoms with Gasteiger partial charge in [0.25, 0.3) is 0 Å². The van der Waals surface area contributed by atoms with Crippen molar-refractivity contribution in [3.05, 3.63) is 0 Å². The summed E-state index contributed by atoms with van der Waals surface area (Å²) in [4.78, 5) is 0. The van der Waals surface area contributed by atoms with E-state index in [1.807, 2.05) is 6.92 Å². The van der Waals surface area contributed by atoms with Crippen molar-refractivity contribution in [1.82, 2.24) is 9.62 Å². The van der Waals surface area contributed by atoms with Crippen LogP contribution in [0.5, 0.6) is 0 Å². The predicted octanol–water partition coefficient (Wildman–Crippen LogP) is 1.35. The maximum atomic E-state index is 12.0. The molecule has 2 aliphatic rings. The smallest absolute Gasteiger partial charge is 0.214 e. The molecule has 2 saturated heterocycles. The average Bonchev–Trinajstić information content (AvgIpc) is 2.68. The summed E-state index contributed by atoms with van der Waals surface area (Å²) in [6.07, 6.45) is 5.94. The summed E-state index contributed by atoms with van der Waals surface area (Å²) >= 11 is 0. The molecule has 0 aromatic carbocycles. The summed E-state index contributed by atoms with van der Waals surface area (Å²) in [6, 6.07) is 1.01. The van der Waals surface area contributed by atoms with Gasteiger partial charge in [-0.05, 0) is 38.5 Å². The van der Waals surface area contributed by atoms with Gasteiger partial charge < -0.3 is 10.1 Å². The molecule has 1 unspecified atom stereocenters. The number of hydrogen-bond donors (Lipinski definition) is 1. The molecule has 0 amide bonds. The summed E-state index contributed by atoms with van der Waals surface area (Å²) in [5, 5.41) is 3.70. The minimum Gasteiger partial charge on any atom is -0.381 e. The zero-order valence-corrected chi connectivity index (χ0v) is 13.3. The van der Waals surface area contributed by atoms with Gasteiger partial charge in [-0.1, -0.05) is 6.92 Å². The van der Waals surface area contributed by atoms with Crippen LogP contribution in [0.25, 0.3) is 0 Å². The van der Waals surface area contributed by atoms with Crippen LogP contribution in [-0.4, -0.2) is 56.9 Å².